The molecule has 3 rings (SSSR count). The van der Waals surface area contributed by atoms with Crippen LogP contribution in [-0.4, -0.2) is 11.1 Å². The van der Waals surface area contributed by atoms with Gasteiger partial charge in [0.1, 0.15) is 12.4 Å². The molecule has 0 aliphatic rings. The fraction of sp³-hybridized carbons (Fsp3) is 0.111. The van der Waals surface area contributed by atoms with E-state index in [4.69, 9.17) is 9.26 Å². The lowest BCUT2D eigenvalue weighted by molar-refractivity contribution is -0.139. The molecule has 1 N–H and O–H groups in total. The maximum Gasteiger partial charge on any atom is 0.419 e. The fourth-order valence-electron chi connectivity index (χ4n) is 2.18. The first-order chi connectivity index (χ1) is 12.8. The van der Waals surface area contributed by atoms with E-state index in [1.807, 2.05) is 30.3 Å². The second-order valence-electron chi connectivity index (χ2n) is 5.45. The van der Waals surface area contributed by atoms with Crippen molar-refractivity contribution in [1.82, 2.24) is 5.16 Å². The zero-order valence-electron chi connectivity index (χ0n) is 13.6. The number of alkyl halides is 3. The Morgan fingerprint density at radius 3 is 2.56 bits per heavy atom. The van der Waals surface area contributed by atoms with Crippen molar-refractivity contribution in [2.24, 2.45) is 0 Å². The predicted octanol–water partition coefficient (Wildman–Crippen LogP) is 4.66. The van der Waals surface area contributed by atoms with Gasteiger partial charge in [0.05, 0.1) is 11.6 Å². The fourth-order valence-corrected chi connectivity index (χ4v) is 2.18. The van der Waals surface area contributed by atoms with Crippen molar-refractivity contribution in [2.45, 2.75) is 12.8 Å². The summed E-state index contributed by atoms with van der Waals surface area (Å²) in [6, 6.07) is 12.5. The van der Waals surface area contributed by atoms with Gasteiger partial charge in [0.25, 0.3) is 11.8 Å². The Morgan fingerprint density at radius 2 is 1.85 bits per heavy atom. The van der Waals surface area contributed by atoms with Gasteiger partial charge in [-0.25, -0.2) is 4.39 Å². The highest BCUT2D eigenvalue weighted by Crippen LogP contribution is 2.33. The molecule has 0 spiro atoms. The van der Waals surface area contributed by atoms with Crippen LogP contribution in [0.1, 0.15) is 21.7 Å². The molecule has 0 bridgehead atoms. The number of hydrogen-bond donors (Lipinski definition) is 1. The maximum absolute atomic E-state index is 13.3. The number of nitrogens with zero attached hydrogens (tertiary/aromatic N) is 1. The van der Waals surface area contributed by atoms with Crippen molar-refractivity contribution < 1.29 is 31.6 Å². The van der Waals surface area contributed by atoms with Crippen molar-refractivity contribution in [3.63, 3.8) is 0 Å². The minimum atomic E-state index is -4.88. The molecule has 1 heterocycles. The van der Waals surface area contributed by atoms with E-state index in [-0.39, 0.29) is 23.9 Å². The summed E-state index contributed by atoms with van der Waals surface area (Å²) in [5.41, 5.74) is -0.848. The van der Waals surface area contributed by atoms with E-state index in [1.165, 1.54) is 6.07 Å². The molecule has 0 radical (unpaired) electrons. The topological polar surface area (TPSA) is 64.4 Å². The molecule has 2 aromatic carbocycles. The second-order valence-corrected chi connectivity index (χ2v) is 5.45. The summed E-state index contributed by atoms with van der Waals surface area (Å²) in [5.74, 6) is -2.51. The molecular weight excluding hydrogens is 368 g/mol. The number of aromatic nitrogens is 1. The normalized spacial score (nSPS) is 11.3. The van der Waals surface area contributed by atoms with Crippen molar-refractivity contribution in [3.8, 4) is 5.88 Å². The van der Waals surface area contributed by atoms with Crippen LogP contribution in [0.25, 0.3) is 0 Å². The lowest BCUT2D eigenvalue weighted by Gasteiger charge is -2.10. The molecule has 0 unspecified atom stereocenters. The lowest BCUT2D eigenvalue weighted by atomic mass is 10.2. The van der Waals surface area contributed by atoms with E-state index in [1.54, 1.807) is 0 Å². The Labute approximate surface area is 150 Å². The van der Waals surface area contributed by atoms with Gasteiger partial charge in [0.2, 0.25) is 5.76 Å². The van der Waals surface area contributed by atoms with Gasteiger partial charge in [-0.1, -0.05) is 30.3 Å². The average molecular weight is 380 g/mol. The van der Waals surface area contributed by atoms with Gasteiger partial charge in [-0.3, -0.25) is 4.79 Å². The average Bonchev–Trinajstić information content (AvgIpc) is 3.11. The van der Waals surface area contributed by atoms with Gasteiger partial charge in [-0.15, -0.1) is 0 Å². The Balaban J connectivity index is 1.66. The van der Waals surface area contributed by atoms with Crippen molar-refractivity contribution in [2.75, 3.05) is 5.32 Å². The van der Waals surface area contributed by atoms with Crippen LogP contribution in [0.4, 0.5) is 23.2 Å². The summed E-state index contributed by atoms with van der Waals surface area (Å²) in [6.07, 6.45) is -4.88. The summed E-state index contributed by atoms with van der Waals surface area (Å²) in [5, 5.41) is 5.76. The highest BCUT2D eigenvalue weighted by atomic mass is 19.4. The number of carbonyl (C=O) groups is 1. The number of benzene rings is 2. The highest BCUT2D eigenvalue weighted by molar-refractivity contribution is 6.02. The van der Waals surface area contributed by atoms with Gasteiger partial charge in [-0.05, 0) is 28.9 Å². The number of ether oxygens (including phenoxy) is 1. The number of rotatable bonds is 5. The van der Waals surface area contributed by atoms with Crippen LogP contribution >= 0.6 is 0 Å². The highest BCUT2D eigenvalue weighted by Gasteiger charge is 2.34. The summed E-state index contributed by atoms with van der Waals surface area (Å²) in [6.45, 7) is 0.196. The zero-order valence-corrected chi connectivity index (χ0v) is 13.6. The van der Waals surface area contributed by atoms with Crippen LogP contribution < -0.4 is 10.1 Å². The smallest absolute Gasteiger partial charge is 0.419 e. The predicted molar refractivity (Wildman–Crippen MR) is 86.6 cm³/mol. The number of nitrogens with one attached hydrogen (secondary N) is 1. The third kappa shape index (κ3) is 4.63. The van der Waals surface area contributed by atoms with Gasteiger partial charge in [-0.2, -0.15) is 13.2 Å². The molecule has 1 aromatic heterocycles. The van der Waals surface area contributed by atoms with Crippen LogP contribution in [0.2, 0.25) is 0 Å². The minimum Gasteiger partial charge on any atom is -0.471 e. The van der Waals surface area contributed by atoms with Crippen molar-refractivity contribution in [3.05, 3.63) is 77.3 Å². The molecular formula is C18H12F4N2O3. The molecule has 27 heavy (non-hydrogen) atoms. The summed E-state index contributed by atoms with van der Waals surface area (Å²) < 4.78 is 61.6. The lowest BCUT2D eigenvalue weighted by Crippen LogP contribution is -2.13. The molecule has 1 amide bonds. The van der Waals surface area contributed by atoms with E-state index < -0.39 is 23.5 Å². The molecule has 0 aliphatic heterocycles. The second kappa shape index (κ2) is 7.48. The van der Waals surface area contributed by atoms with E-state index >= 15 is 0 Å². The number of carbonyl (C=O) groups excluding carboxylic acids is 1. The largest absolute Gasteiger partial charge is 0.471 e. The van der Waals surface area contributed by atoms with Crippen LogP contribution in [-0.2, 0) is 12.8 Å². The molecule has 140 valence electrons. The molecule has 0 saturated carbocycles. The van der Waals surface area contributed by atoms with Crippen molar-refractivity contribution in [1.29, 1.82) is 0 Å². The van der Waals surface area contributed by atoms with Gasteiger partial charge < -0.3 is 14.6 Å². The van der Waals surface area contributed by atoms with Gasteiger partial charge >= 0.3 is 6.18 Å². The molecule has 0 fully saturated rings. The number of amides is 1. The van der Waals surface area contributed by atoms with Gasteiger partial charge in [0.15, 0.2) is 0 Å². The summed E-state index contributed by atoms with van der Waals surface area (Å²) >= 11 is 0. The SMILES string of the molecule is O=C(Nc1ccc(F)c(C(F)(F)F)c1)c1cc(OCc2ccccc2)no1. The molecule has 0 atom stereocenters. The van der Waals surface area contributed by atoms with Crippen LogP contribution in [0.5, 0.6) is 5.88 Å². The number of hydrogen-bond acceptors (Lipinski definition) is 4. The Morgan fingerprint density at radius 1 is 1.11 bits per heavy atom. The van der Waals surface area contributed by atoms with E-state index in [2.05, 4.69) is 10.5 Å². The molecule has 5 nitrogen and oxygen atoms in total. The Bertz CT molecular complexity index is 939. The van der Waals surface area contributed by atoms with Crippen molar-refractivity contribution >= 4 is 11.6 Å². The first-order valence-corrected chi connectivity index (χ1v) is 7.64. The third-order valence-electron chi connectivity index (χ3n) is 3.47. The summed E-state index contributed by atoms with van der Waals surface area (Å²) in [7, 11) is 0. The Kier molecular flexibility index (Phi) is 5.11. The molecule has 9 heteroatoms. The minimum absolute atomic E-state index is 0.0408. The van der Waals surface area contributed by atoms with E-state index in [0.717, 1.165) is 11.6 Å². The first-order valence-electron chi connectivity index (χ1n) is 7.64. The van der Waals surface area contributed by atoms with E-state index in [9.17, 15) is 22.4 Å². The van der Waals surface area contributed by atoms with E-state index in [0.29, 0.717) is 12.1 Å². The van der Waals surface area contributed by atoms with Gasteiger partial charge in [0, 0.05) is 5.69 Å². The van der Waals surface area contributed by atoms with Crippen LogP contribution in [0.15, 0.2) is 59.1 Å². The monoisotopic (exact) mass is 380 g/mol. The summed E-state index contributed by atoms with van der Waals surface area (Å²) in [4.78, 5) is 12.1. The maximum atomic E-state index is 13.3. The molecule has 0 saturated heterocycles. The molecule has 0 aliphatic carbocycles. The standard InChI is InChI=1S/C18H12F4N2O3/c19-14-7-6-12(8-13(14)18(20,21)22)23-17(25)15-9-16(24-27-15)26-10-11-4-2-1-3-5-11/h1-9H,10H2,(H,23,25). The quantitative estimate of drug-likeness (QED) is 0.654. The first kappa shape index (κ1) is 18.4. The number of anilines is 1. The molecule has 3 aromatic rings. The van der Waals surface area contributed by atoms with Crippen LogP contribution in [0.3, 0.4) is 0 Å². The third-order valence-corrected chi connectivity index (χ3v) is 3.47. The van der Waals surface area contributed by atoms with Crippen LogP contribution in [0, 0.1) is 5.82 Å². The zero-order chi connectivity index (χ0) is 19.4. The Hall–Kier alpha value is -3.36. The number of halogens is 4.